The lowest BCUT2D eigenvalue weighted by Gasteiger charge is -2.17. The lowest BCUT2D eigenvalue weighted by Crippen LogP contribution is -2.33. The van der Waals surface area contributed by atoms with Crippen LogP contribution in [0.1, 0.15) is 11.3 Å². The Bertz CT molecular complexity index is 1300. The van der Waals surface area contributed by atoms with Gasteiger partial charge in [-0.1, -0.05) is 0 Å². The molecule has 2 unspecified atom stereocenters. The van der Waals surface area contributed by atoms with Crippen LogP contribution in [-0.2, 0) is 5.54 Å². The molecule has 160 valence electrons. The van der Waals surface area contributed by atoms with Gasteiger partial charge in [0.15, 0.2) is 0 Å². The van der Waals surface area contributed by atoms with Crippen molar-refractivity contribution in [3.63, 3.8) is 0 Å². The van der Waals surface area contributed by atoms with Crippen molar-refractivity contribution in [2.24, 2.45) is 17.6 Å². The van der Waals surface area contributed by atoms with Gasteiger partial charge in [-0.3, -0.25) is 9.97 Å². The molecule has 6 rings (SSSR count). The highest BCUT2D eigenvalue weighted by atomic mass is 16.5. The van der Waals surface area contributed by atoms with Gasteiger partial charge < -0.3 is 21.1 Å². The third-order valence-corrected chi connectivity index (χ3v) is 6.60. The molecule has 3 aromatic heterocycles. The summed E-state index contributed by atoms with van der Waals surface area (Å²) >= 11 is 0. The minimum Gasteiger partial charge on any atom is -0.455 e. The van der Waals surface area contributed by atoms with E-state index in [-0.39, 0.29) is 5.54 Å². The predicted molar refractivity (Wildman–Crippen MR) is 122 cm³/mol. The van der Waals surface area contributed by atoms with E-state index in [0.29, 0.717) is 17.6 Å². The fourth-order valence-electron chi connectivity index (χ4n) is 4.77. The molecule has 2 atom stereocenters. The number of pyridine rings is 2. The first-order valence-corrected chi connectivity index (χ1v) is 10.7. The number of nitrogens with one attached hydrogen (secondary N) is 2. The van der Waals surface area contributed by atoms with Crippen LogP contribution in [0.2, 0.25) is 0 Å². The van der Waals surface area contributed by atoms with Crippen molar-refractivity contribution in [2.75, 3.05) is 18.4 Å². The zero-order valence-corrected chi connectivity index (χ0v) is 17.6. The number of hydrogen-bond donors (Lipinski definition) is 3. The number of anilines is 2. The van der Waals surface area contributed by atoms with Gasteiger partial charge in [-0.05, 0) is 48.9 Å². The van der Waals surface area contributed by atoms with Gasteiger partial charge in [0, 0.05) is 42.2 Å². The van der Waals surface area contributed by atoms with Crippen LogP contribution < -0.4 is 21.1 Å². The summed E-state index contributed by atoms with van der Waals surface area (Å²) in [6, 6.07) is 11.7. The second-order valence-electron chi connectivity index (χ2n) is 8.51. The van der Waals surface area contributed by atoms with Crippen LogP contribution in [0.15, 0.2) is 61.3 Å². The number of piperidine rings is 1. The molecule has 2 aliphatic rings. The van der Waals surface area contributed by atoms with Crippen LogP contribution in [0.3, 0.4) is 0 Å². The van der Waals surface area contributed by atoms with Gasteiger partial charge in [0.05, 0.1) is 29.1 Å². The van der Waals surface area contributed by atoms with Crippen molar-refractivity contribution in [3.8, 4) is 11.5 Å². The number of fused-ring (bicyclic) bond motifs is 2. The second kappa shape index (κ2) is 7.22. The third-order valence-electron chi connectivity index (χ3n) is 6.60. The molecule has 4 aromatic rings. The number of ether oxygens (including phenoxy) is 1. The van der Waals surface area contributed by atoms with Crippen LogP contribution in [0, 0.1) is 18.8 Å². The minimum atomic E-state index is -0.353. The average molecular weight is 425 g/mol. The van der Waals surface area contributed by atoms with Crippen LogP contribution >= 0.6 is 0 Å². The molecule has 1 aliphatic heterocycles. The van der Waals surface area contributed by atoms with E-state index in [2.05, 4.69) is 30.6 Å². The molecule has 1 aromatic carbocycles. The Morgan fingerprint density at radius 1 is 1.09 bits per heavy atom. The van der Waals surface area contributed by atoms with Crippen molar-refractivity contribution in [2.45, 2.75) is 12.5 Å². The van der Waals surface area contributed by atoms with Gasteiger partial charge in [0.25, 0.3) is 0 Å². The highest BCUT2D eigenvalue weighted by Crippen LogP contribution is 2.57. The highest BCUT2D eigenvalue weighted by molar-refractivity contribution is 5.90. The summed E-state index contributed by atoms with van der Waals surface area (Å²) in [4.78, 5) is 17.6. The van der Waals surface area contributed by atoms with Crippen molar-refractivity contribution < 1.29 is 4.74 Å². The molecule has 8 heteroatoms. The van der Waals surface area contributed by atoms with Gasteiger partial charge in [-0.15, -0.1) is 0 Å². The maximum absolute atomic E-state index is 6.73. The van der Waals surface area contributed by atoms with E-state index >= 15 is 0 Å². The second-order valence-corrected chi connectivity index (χ2v) is 8.51. The van der Waals surface area contributed by atoms with Crippen LogP contribution in [0.4, 0.5) is 11.5 Å². The number of aryl methyl sites for hydroxylation is 1. The molecular formula is C24H23N7O. The van der Waals surface area contributed by atoms with Crippen molar-refractivity contribution >= 4 is 22.4 Å². The number of nitrogens with two attached hydrogens (primary N) is 1. The molecule has 0 radical (unpaired) electrons. The molecule has 4 heterocycles. The molecule has 0 bridgehead atoms. The van der Waals surface area contributed by atoms with Gasteiger partial charge in [0.1, 0.15) is 23.6 Å². The van der Waals surface area contributed by atoms with Crippen LogP contribution in [0.25, 0.3) is 10.9 Å². The van der Waals surface area contributed by atoms with Crippen molar-refractivity contribution in [1.29, 1.82) is 0 Å². The Hall–Kier alpha value is -3.62. The normalized spacial score (nSPS) is 23.7. The Balaban J connectivity index is 1.29. The largest absolute Gasteiger partial charge is 0.455 e. The molecule has 1 aliphatic carbocycles. The number of aromatic nitrogens is 4. The van der Waals surface area contributed by atoms with E-state index in [1.165, 1.54) is 0 Å². The summed E-state index contributed by atoms with van der Waals surface area (Å²) in [7, 11) is 0. The predicted octanol–water partition coefficient (Wildman–Crippen LogP) is 3.27. The molecule has 1 saturated heterocycles. The highest BCUT2D eigenvalue weighted by Gasteiger charge is 2.65. The summed E-state index contributed by atoms with van der Waals surface area (Å²) in [5, 5.41) is 7.73. The maximum Gasteiger partial charge on any atom is 0.145 e. The first-order valence-electron chi connectivity index (χ1n) is 10.7. The summed E-state index contributed by atoms with van der Waals surface area (Å²) in [5.74, 6) is 3.11. The quantitative estimate of drug-likeness (QED) is 0.447. The van der Waals surface area contributed by atoms with E-state index in [1.54, 1.807) is 24.9 Å². The van der Waals surface area contributed by atoms with Gasteiger partial charge >= 0.3 is 0 Å². The molecule has 0 amide bonds. The SMILES string of the molecule is Cc1cc(Nc2ncnc3cnc(C4(N)C5CNCC54)cc23)ccc1Oc1cccnc1. The van der Waals surface area contributed by atoms with Gasteiger partial charge in [-0.2, -0.15) is 0 Å². The zero-order valence-electron chi connectivity index (χ0n) is 17.6. The third kappa shape index (κ3) is 3.07. The lowest BCUT2D eigenvalue weighted by atomic mass is 10.1. The van der Waals surface area contributed by atoms with Crippen LogP contribution in [0.5, 0.6) is 11.5 Å². The van der Waals surface area contributed by atoms with Gasteiger partial charge in [-0.25, -0.2) is 9.97 Å². The van der Waals surface area contributed by atoms with E-state index in [0.717, 1.165) is 52.5 Å². The number of nitrogens with zero attached hydrogens (tertiary/aromatic N) is 4. The summed E-state index contributed by atoms with van der Waals surface area (Å²) < 4.78 is 5.94. The van der Waals surface area contributed by atoms with E-state index in [9.17, 15) is 0 Å². The Kier molecular flexibility index (Phi) is 4.31. The Labute approximate surface area is 185 Å². The zero-order chi connectivity index (χ0) is 21.7. The molecule has 8 nitrogen and oxygen atoms in total. The number of rotatable bonds is 5. The molecule has 0 spiro atoms. The summed E-state index contributed by atoms with van der Waals surface area (Å²) in [6.45, 7) is 3.91. The summed E-state index contributed by atoms with van der Waals surface area (Å²) in [6.07, 6.45) is 6.76. The molecule has 32 heavy (non-hydrogen) atoms. The standard InChI is InChI=1S/C24H23N7O/c1-14-7-15(4-5-21(14)32-16-3-2-6-26-9-16)31-23-17-8-22(28-12-20(17)29-13-30-23)24(25)18-10-27-11-19(18)24/h2-9,12-13,18-19,27H,10-11,25H2,1H3,(H,29,30,31). The molecule has 1 saturated carbocycles. The molecule has 2 fully saturated rings. The van der Waals surface area contributed by atoms with Crippen LogP contribution in [-0.4, -0.2) is 33.0 Å². The Morgan fingerprint density at radius 3 is 2.75 bits per heavy atom. The minimum absolute atomic E-state index is 0.353. The smallest absolute Gasteiger partial charge is 0.145 e. The molecular weight excluding hydrogens is 402 g/mol. The maximum atomic E-state index is 6.73. The average Bonchev–Trinajstić information content (AvgIpc) is 3.14. The number of hydrogen-bond acceptors (Lipinski definition) is 8. The van der Waals surface area contributed by atoms with E-state index in [1.807, 2.05) is 43.3 Å². The van der Waals surface area contributed by atoms with E-state index in [4.69, 9.17) is 10.5 Å². The first kappa shape index (κ1) is 19.1. The first-order chi connectivity index (χ1) is 15.6. The monoisotopic (exact) mass is 425 g/mol. The number of benzene rings is 1. The topological polar surface area (TPSA) is 111 Å². The van der Waals surface area contributed by atoms with Crippen molar-refractivity contribution in [3.05, 3.63) is 72.6 Å². The van der Waals surface area contributed by atoms with Crippen molar-refractivity contribution in [1.82, 2.24) is 25.3 Å². The summed E-state index contributed by atoms with van der Waals surface area (Å²) in [5.41, 5.74) is 9.98. The molecule has 4 N–H and O–H groups in total. The fraction of sp³-hybridized carbons (Fsp3) is 0.250. The Morgan fingerprint density at radius 2 is 1.97 bits per heavy atom. The fourth-order valence-corrected chi connectivity index (χ4v) is 4.77. The van der Waals surface area contributed by atoms with Gasteiger partial charge in [0.2, 0.25) is 0 Å². The van der Waals surface area contributed by atoms with E-state index < -0.39 is 0 Å². The lowest BCUT2D eigenvalue weighted by molar-refractivity contribution is 0.476.